The second kappa shape index (κ2) is 5.25. The number of nitrogens with one attached hydrogen (secondary N) is 1. The zero-order valence-corrected chi connectivity index (χ0v) is 11.7. The molecule has 0 aromatic carbocycles. The Hall–Kier alpha value is -0.120. The molecular weight excluding hydrogens is 212 g/mol. The van der Waals surface area contributed by atoms with E-state index in [0.717, 1.165) is 19.8 Å². The lowest BCUT2D eigenvalue weighted by Crippen LogP contribution is -2.48. The molecule has 0 aliphatic carbocycles. The molecule has 1 N–H and O–H groups in total. The van der Waals surface area contributed by atoms with Gasteiger partial charge in [-0.1, -0.05) is 13.8 Å². The van der Waals surface area contributed by atoms with Crippen molar-refractivity contribution in [3.63, 3.8) is 0 Å². The molecule has 0 spiro atoms. The first-order valence-electron chi connectivity index (χ1n) is 7.00. The Morgan fingerprint density at radius 2 is 2.12 bits per heavy atom. The Labute approximate surface area is 106 Å². The third-order valence-corrected chi connectivity index (χ3v) is 4.27. The van der Waals surface area contributed by atoms with Crippen LogP contribution in [0.5, 0.6) is 0 Å². The standard InChI is InChI=1S/C14H28N2O/c1-13(2)6-7-16(10-13)11-14(9-15-3)5-4-8-17-12-14/h15H,4-12H2,1-3H3. The van der Waals surface area contributed by atoms with Gasteiger partial charge in [0.2, 0.25) is 0 Å². The van der Waals surface area contributed by atoms with Crippen LogP contribution in [0.1, 0.15) is 33.1 Å². The van der Waals surface area contributed by atoms with E-state index in [9.17, 15) is 0 Å². The van der Waals surface area contributed by atoms with Crippen LogP contribution in [0.3, 0.4) is 0 Å². The average Bonchev–Trinajstić information content (AvgIpc) is 2.59. The molecule has 3 heteroatoms. The molecule has 0 saturated carbocycles. The van der Waals surface area contributed by atoms with Gasteiger partial charge in [-0.2, -0.15) is 0 Å². The van der Waals surface area contributed by atoms with E-state index in [4.69, 9.17) is 4.74 Å². The molecule has 2 rings (SSSR count). The molecule has 1 unspecified atom stereocenters. The first-order chi connectivity index (χ1) is 8.05. The molecule has 3 nitrogen and oxygen atoms in total. The summed E-state index contributed by atoms with van der Waals surface area (Å²) in [4.78, 5) is 2.64. The van der Waals surface area contributed by atoms with Crippen molar-refractivity contribution in [1.82, 2.24) is 10.2 Å². The van der Waals surface area contributed by atoms with Gasteiger partial charge in [0.05, 0.1) is 6.61 Å². The van der Waals surface area contributed by atoms with E-state index in [1.54, 1.807) is 0 Å². The first kappa shape index (κ1) is 13.3. The summed E-state index contributed by atoms with van der Waals surface area (Å²) in [6.07, 6.45) is 3.87. The summed E-state index contributed by atoms with van der Waals surface area (Å²) in [6, 6.07) is 0. The van der Waals surface area contributed by atoms with Crippen molar-refractivity contribution in [1.29, 1.82) is 0 Å². The maximum absolute atomic E-state index is 5.73. The minimum absolute atomic E-state index is 0.355. The molecule has 2 aliphatic heterocycles. The highest BCUT2D eigenvalue weighted by Gasteiger charge is 2.38. The summed E-state index contributed by atoms with van der Waals surface area (Å²) in [7, 11) is 2.06. The van der Waals surface area contributed by atoms with Crippen LogP contribution in [0, 0.1) is 10.8 Å². The number of hydrogen-bond acceptors (Lipinski definition) is 3. The van der Waals surface area contributed by atoms with E-state index in [1.807, 2.05) is 0 Å². The van der Waals surface area contributed by atoms with E-state index in [1.165, 1.54) is 38.9 Å². The van der Waals surface area contributed by atoms with Crippen LogP contribution in [-0.4, -0.2) is 51.3 Å². The van der Waals surface area contributed by atoms with Crippen LogP contribution < -0.4 is 5.32 Å². The Balaban J connectivity index is 1.93. The van der Waals surface area contributed by atoms with E-state index in [0.29, 0.717) is 10.8 Å². The van der Waals surface area contributed by atoms with Gasteiger partial charge in [-0.3, -0.25) is 0 Å². The van der Waals surface area contributed by atoms with Gasteiger partial charge in [-0.25, -0.2) is 0 Å². The van der Waals surface area contributed by atoms with Crippen LogP contribution in [0.15, 0.2) is 0 Å². The lowest BCUT2D eigenvalue weighted by molar-refractivity contribution is -0.0232. The van der Waals surface area contributed by atoms with Gasteiger partial charge in [0.15, 0.2) is 0 Å². The van der Waals surface area contributed by atoms with E-state index < -0.39 is 0 Å². The van der Waals surface area contributed by atoms with E-state index in [-0.39, 0.29) is 0 Å². The van der Waals surface area contributed by atoms with Crippen LogP contribution >= 0.6 is 0 Å². The molecule has 2 saturated heterocycles. The zero-order valence-electron chi connectivity index (χ0n) is 11.7. The normalized spacial score (nSPS) is 34.1. The van der Waals surface area contributed by atoms with Crippen molar-refractivity contribution in [3.05, 3.63) is 0 Å². The predicted molar refractivity (Wildman–Crippen MR) is 71.3 cm³/mol. The van der Waals surface area contributed by atoms with Gasteiger partial charge in [-0.15, -0.1) is 0 Å². The van der Waals surface area contributed by atoms with Gasteiger partial charge >= 0.3 is 0 Å². The van der Waals surface area contributed by atoms with Crippen LogP contribution in [0.2, 0.25) is 0 Å². The molecule has 0 amide bonds. The fraction of sp³-hybridized carbons (Fsp3) is 1.00. The summed E-state index contributed by atoms with van der Waals surface area (Å²) >= 11 is 0. The van der Waals surface area contributed by atoms with Crippen molar-refractivity contribution < 1.29 is 4.74 Å². The number of rotatable bonds is 4. The SMILES string of the molecule is CNCC1(CN2CCC(C)(C)C2)CCCOC1. The maximum atomic E-state index is 5.73. The summed E-state index contributed by atoms with van der Waals surface area (Å²) in [5.74, 6) is 0. The van der Waals surface area contributed by atoms with Gasteiger partial charge in [0, 0.05) is 31.7 Å². The lowest BCUT2D eigenvalue weighted by atomic mass is 9.81. The van der Waals surface area contributed by atoms with Crippen LogP contribution in [0.4, 0.5) is 0 Å². The smallest absolute Gasteiger partial charge is 0.0546 e. The number of hydrogen-bond donors (Lipinski definition) is 1. The molecule has 17 heavy (non-hydrogen) atoms. The van der Waals surface area contributed by atoms with Crippen molar-refractivity contribution in [2.45, 2.75) is 33.1 Å². The highest BCUT2D eigenvalue weighted by atomic mass is 16.5. The molecule has 100 valence electrons. The highest BCUT2D eigenvalue weighted by Crippen LogP contribution is 2.34. The van der Waals surface area contributed by atoms with E-state index >= 15 is 0 Å². The van der Waals surface area contributed by atoms with Gasteiger partial charge in [0.1, 0.15) is 0 Å². The van der Waals surface area contributed by atoms with Gasteiger partial charge in [-0.05, 0) is 38.3 Å². The second-order valence-electron chi connectivity index (χ2n) is 6.81. The third-order valence-electron chi connectivity index (χ3n) is 4.27. The Bertz CT molecular complexity index is 241. The predicted octanol–water partition coefficient (Wildman–Crippen LogP) is 1.73. The fourth-order valence-corrected chi connectivity index (χ4v) is 3.44. The Morgan fingerprint density at radius 1 is 1.29 bits per heavy atom. The van der Waals surface area contributed by atoms with Crippen LogP contribution in [-0.2, 0) is 4.74 Å². The quantitative estimate of drug-likeness (QED) is 0.810. The molecular formula is C14H28N2O. The molecule has 2 fully saturated rings. The van der Waals surface area contributed by atoms with Crippen molar-refractivity contribution in [2.75, 3.05) is 46.4 Å². The summed E-state index contributed by atoms with van der Waals surface area (Å²) in [5, 5.41) is 3.37. The Morgan fingerprint density at radius 3 is 2.65 bits per heavy atom. The van der Waals surface area contributed by atoms with Crippen molar-refractivity contribution in [2.24, 2.45) is 10.8 Å². The Kier molecular flexibility index (Phi) is 4.11. The molecule has 0 aromatic rings. The lowest BCUT2D eigenvalue weighted by Gasteiger charge is -2.40. The number of ether oxygens (including phenoxy) is 1. The molecule has 2 aliphatic rings. The molecule has 0 aromatic heterocycles. The monoisotopic (exact) mass is 240 g/mol. The minimum atomic E-state index is 0.355. The third kappa shape index (κ3) is 3.43. The molecule has 0 bridgehead atoms. The summed E-state index contributed by atoms with van der Waals surface area (Å²) in [5.41, 5.74) is 0.865. The molecule has 0 radical (unpaired) electrons. The summed E-state index contributed by atoms with van der Waals surface area (Å²) < 4.78 is 5.73. The first-order valence-corrected chi connectivity index (χ1v) is 7.00. The number of likely N-dealkylation sites (tertiary alicyclic amines) is 1. The average molecular weight is 240 g/mol. The fourth-order valence-electron chi connectivity index (χ4n) is 3.44. The highest BCUT2D eigenvalue weighted by molar-refractivity contribution is 4.91. The molecule has 1 atom stereocenters. The molecule has 2 heterocycles. The second-order valence-corrected chi connectivity index (χ2v) is 6.81. The van der Waals surface area contributed by atoms with Crippen LogP contribution in [0.25, 0.3) is 0 Å². The maximum Gasteiger partial charge on any atom is 0.0546 e. The summed E-state index contributed by atoms with van der Waals surface area (Å²) in [6.45, 7) is 11.5. The van der Waals surface area contributed by atoms with Gasteiger partial charge in [0.25, 0.3) is 0 Å². The largest absolute Gasteiger partial charge is 0.381 e. The van der Waals surface area contributed by atoms with Gasteiger partial charge < -0.3 is 15.0 Å². The van der Waals surface area contributed by atoms with Crippen molar-refractivity contribution >= 4 is 0 Å². The zero-order chi connectivity index (χ0) is 12.4. The minimum Gasteiger partial charge on any atom is -0.381 e. The van der Waals surface area contributed by atoms with Crippen molar-refractivity contribution in [3.8, 4) is 0 Å². The van der Waals surface area contributed by atoms with E-state index in [2.05, 4.69) is 31.1 Å². The topological polar surface area (TPSA) is 24.5 Å². The number of nitrogens with zero attached hydrogens (tertiary/aromatic N) is 1.